The molecule has 1 aliphatic heterocycles. The molecule has 21 heavy (non-hydrogen) atoms. The summed E-state index contributed by atoms with van der Waals surface area (Å²) in [5.41, 5.74) is 2.75. The molecule has 0 radical (unpaired) electrons. The Balaban J connectivity index is 1.83. The van der Waals surface area contributed by atoms with Crippen molar-refractivity contribution in [1.82, 2.24) is 5.32 Å². The van der Waals surface area contributed by atoms with Crippen LogP contribution in [-0.2, 0) is 0 Å². The normalized spacial score (nSPS) is 29.2. The van der Waals surface area contributed by atoms with Crippen molar-refractivity contribution in [3.63, 3.8) is 0 Å². The average Bonchev–Trinajstić information content (AvgIpc) is 2.53. The van der Waals surface area contributed by atoms with Crippen molar-refractivity contribution >= 4 is 5.69 Å². The summed E-state index contributed by atoms with van der Waals surface area (Å²) in [6.45, 7) is 4.34. The van der Waals surface area contributed by atoms with Crippen LogP contribution in [0.5, 0.6) is 0 Å². The zero-order valence-electron chi connectivity index (χ0n) is 13.1. The number of aliphatic hydroxyl groups is 1. The Morgan fingerprint density at radius 1 is 1.19 bits per heavy atom. The quantitative estimate of drug-likeness (QED) is 0.893. The molecule has 0 saturated heterocycles. The highest BCUT2D eigenvalue weighted by Crippen LogP contribution is 2.37. The molecular formula is C18H28N2O. The van der Waals surface area contributed by atoms with Gasteiger partial charge in [0, 0.05) is 18.3 Å². The van der Waals surface area contributed by atoms with Gasteiger partial charge in [-0.1, -0.05) is 38.0 Å². The van der Waals surface area contributed by atoms with Crippen molar-refractivity contribution in [2.75, 3.05) is 18.0 Å². The van der Waals surface area contributed by atoms with Gasteiger partial charge in [0.25, 0.3) is 0 Å². The summed E-state index contributed by atoms with van der Waals surface area (Å²) in [4.78, 5) is 2.48. The van der Waals surface area contributed by atoms with E-state index in [1.54, 1.807) is 0 Å². The predicted molar refractivity (Wildman–Crippen MR) is 87.7 cm³/mol. The lowest BCUT2D eigenvalue weighted by atomic mass is 9.87. The van der Waals surface area contributed by atoms with Crippen molar-refractivity contribution < 1.29 is 5.11 Å². The number of benzene rings is 1. The van der Waals surface area contributed by atoms with Gasteiger partial charge < -0.3 is 15.3 Å². The van der Waals surface area contributed by atoms with Gasteiger partial charge in [-0.15, -0.1) is 0 Å². The molecule has 0 bridgehead atoms. The molecule has 1 aromatic rings. The number of nitrogens with one attached hydrogen (secondary N) is 1. The van der Waals surface area contributed by atoms with Crippen molar-refractivity contribution in [3.05, 3.63) is 29.8 Å². The number of hydrogen-bond donors (Lipinski definition) is 2. The van der Waals surface area contributed by atoms with Crippen LogP contribution in [0.1, 0.15) is 57.1 Å². The third kappa shape index (κ3) is 3.09. The van der Waals surface area contributed by atoms with Crippen LogP contribution in [0.3, 0.4) is 0 Å². The smallest absolute Gasteiger partial charge is 0.0743 e. The molecule has 0 aromatic heterocycles. The molecular weight excluding hydrogens is 260 g/mol. The molecule has 116 valence electrons. The Labute approximate surface area is 128 Å². The number of nitrogens with zero attached hydrogens (tertiary/aromatic N) is 1. The first-order chi connectivity index (χ1) is 10.3. The van der Waals surface area contributed by atoms with Gasteiger partial charge in [-0.3, -0.25) is 0 Å². The summed E-state index contributed by atoms with van der Waals surface area (Å²) >= 11 is 0. The lowest BCUT2D eigenvalue weighted by molar-refractivity contribution is 0.102. The molecule has 3 atom stereocenters. The Morgan fingerprint density at radius 3 is 2.81 bits per heavy atom. The lowest BCUT2D eigenvalue weighted by Crippen LogP contribution is -2.49. The Bertz CT molecular complexity index is 462. The summed E-state index contributed by atoms with van der Waals surface area (Å²) < 4.78 is 0. The first kappa shape index (κ1) is 14.9. The SMILES string of the molecule is CCCNC1CCN(C2CCCCC2O)c2ccccc21. The first-order valence-corrected chi connectivity index (χ1v) is 8.58. The minimum absolute atomic E-state index is 0.160. The lowest BCUT2D eigenvalue weighted by Gasteiger charge is -2.44. The third-order valence-electron chi connectivity index (χ3n) is 5.02. The second-order valence-corrected chi connectivity index (χ2v) is 6.47. The fourth-order valence-corrected chi connectivity index (χ4v) is 3.92. The summed E-state index contributed by atoms with van der Waals surface area (Å²) in [5, 5.41) is 14.1. The monoisotopic (exact) mass is 288 g/mol. The zero-order chi connectivity index (χ0) is 14.7. The van der Waals surface area contributed by atoms with E-state index in [0.717, 1.165) is 32.4 Å². The molecule has 1 heterocycles. The maximum absolute atomic E-state index is 10.4. The molecule has 2 aliphatic rings. The summed E-state index contributed by atoms with van der Waals surface area (Å²) in [7, 11) is 0. The van der Waals surface area contributed by atoms with E-state index in [-0.39, 0.29) is 6.10 Å². The van der Waals surface area contributed by atoms with Crippen molar-refractivity contribution in [2.24, 2.45) is 0 Å². The highest BCUT2D eigenvalue weighted by atomic mass is 16.3. The summed E-state index contributed by atoms with van der Waals surface area (Å²) in [5.74, 6) is 0. The molecule has 1 saturated carbocycles. The molecule has 1 fully saturated rings. The van der Waals surface area contributed by atoms with Crippen LogP contribution in [0.25, 0.3) is 0 Å². The van der Waals surface area contributed by atoms with E-state index in [2.05, 4.69) is 41.4 Å². The van der Waals surface area contributed by atoms with E-state index >= 15 is 0 Å². The fourth-order valence-electron chi connectivity index (χ4n) is 3.92. The fraction of sp³-hybridized carbons (Fsp3) is 0.667. The van der Waals surface area contributed by atoms with Crippen molar-refractivity contribution in [1.29, 1.82) is 0 Å². The Morgan fingerprint density at radius 2 is 2.00 bits per heavy atom. The number of rotatable bonds is 4. The van der Waals surface area contributed by atoms with Crippen LogP contribution >= 0.6 is 0 Å². The predicted octanol–water partition coefficient (Wildman–Crippen LogP) is 3.24. The average molecular weight is 288 g/mol. The molecule has 0 amide bonds. The Kier molecular flexibility index (Phi) is 4.81. The van der Waals surface area contributed by atoms with Crippen LogP contribution in [-0.4, -0.2) is 30.3 Å². The molecule has 3 heteroatoms. The highest BCUT2D eigenvalue weighted by molar-refractivity contribution is 5.58. The van der Waals surface area contributed by atoms with Gasteiger partial charge >= 0.3 is 0 Å². The van der Waals surface area contributed by atoms with Crippen LogP contribution in [0.4, 0.5) is 5.69 Å². The molecule has 2 N–H and O–H groups in total. The highest BCUT2D eigenvalue weighted by Gasteiger charge is 2.33. The minimum Gasteiger partial charge on any atom is -0.391 e. The third-order valence-corrected chi connectivity index (χ3v) is 5.02. The van der Waals surface area contributed by atoms with Crippen LogP contribution < -0.4 is 10.2 Å². The van der Waals surface area contributed by atoms with Crippen LogP contribution in [0, 0.1) is 0 Å². The van der Waals surface area contributed by atoms with Gasteiger partial charge in [-0.25, -0.2) is 0 Å². The van der Waals surface area contributed by atoms with Crippen molar-refractivity contribution in [3.8, 4) is 0 Å². The standard InChI is InChI=1S/C18H28N2O/c1-2-12-19-15-11-13-20(16-8-4-3-7-14(15)16)17-9-5-6-10-18(17)21/h3-4,7-8,15,17-19,21H,2,5-6,9-13H2,1H3. The van der Waals surface area contributed by atoms with Gasteiger partial charge in [0.05, 0.1) is 12.1 Å². The number of anilines is 1. The molecule has 3 unspecified atom stereocenters. The van der Waals surface area contributed by atoms with Gasteiger partial charge in [0.2, 0.25) is 0 Å². The van der Waals surface area contributed by atoms with E-state index in [4.69, 9.17) is 0 Å². The van der Waals surface area contributed by atoms with E-state index < -0.39 is 0 Å². The second-order valence-electron chi connectivity index (χ2n) is 6.47. The molecule has 1 aromatic carbocycles. The largest absolute Gasteiger partial charge is 0.391 e. The van der Waals surface area contributed by atoms with E-state index in [1.165, 1.54) is 30.5 Å². The zero-order valence-corrected chi connectivity index (χ0v) is 13.1. The molecule has 3 rings (SSSR count). The summed E-state index contributed by atoms with van der Waals surface area (Å²) in [6, 6.07) is 9.54. The van der Waals surface area contributed by atoms with Gasteiger partial charge in [0.15, 0.2) is 0 Å². The number of para-hydroxylation sites is 1. The molecule has 3 nitrogen and oxygen atoms in total. The number of aliphatic hydroxyl groups excluding tert-OH is 1. The molecule has 0 spiro atoms. The van der Waals surface area contributed by atoms with Crippen molar-refractivity contribution in [2.45, 2.75) is 63.6 Å². The number of fused-ring (bicyclic) bond motifs is 1. The second kappa shape index (κ2) is 6.80. The van der Waals surface area contributed by atoms with Crippen LogP contribution in [0.15, 0.2) is 24.3 Å². The van der Waals surface area contributed by atoms with Crippen LogP contribution in [0.2, 0.25) is 0 Å². The summed E-state index contributed by atoms with van der Waals surface area (Å²) in [6.07, 6.45) is 6.66. The topological polar surface area (TPSA) is 35.5 Å². The molecule has 1 aliphatic carbocycles. The van der Waals surface area contributed by atoms with Gasteiger partial charge in [-0.2, -0.15) is 0 Å². The Hall–Kier alpha value is -1.06. The number of hydrogen-bond acceptors (Lipinski definition) is 3. The maximum atomic E-state index is 10.4. The first-order valence-electron chi connectivity index (χ1n) is 8.58. The van der Waals surface area contributed by atoms with Gasteiger partial charge in [-0.05, 0) is 43.9 Å². The van der Waals surface area contributed by atoms with E-state index in [0.29, 0.717) is 12.1 Å². The van der Waals surface area contributed by atoms with E-state index in [9.17, 15) is 5.11 Å². The maximum Gasteiger partial charge on any atom is 0.0743 e. The van der Waals surface area contributed by atoms with Gasteiger partial charge in [0.1, 0.15) is 0 Å². The minimum atomic E-state index is -0.160. The van der Waals surface area contributed by atoms with E-state index in [1.807, 2.05) is 0 Å².